The van der Waals surface area contributed by atoms with Crippen molar-refractivity contribution in [3.63, 3.8) is 0 Å². The number of carboxylic acids is 1. The van der Waals surface area contributed by atoms with Crippen LogP contribution in [0.5, 0.6) is 0 Å². The third-order valence-corrected chi connectivity index (χ3v) is 4.75. The number of hydrogen-bond acceptors (Lipinski definition) is 10. The summed E-state index contributed by atoms with van der Waals surface area (Å²) in [6.45, 7) is 12.9. The van der Waals surface area contributed by atoms with Crippen molar-refractivity contribution in [3.8, 4) is 0 Å². The van der Waals surface area contributed by atoms with E-state index in [2.05, 4.69) is 28.8 Å². The lowest BCUT2D eigenvalue weighted by molar-refractivity contribution is -0.193. The Morgan fingerprint density at radius 3 is 1.32 bits per heavy atom. The number of aliphatic carboxylic acids is 1. The molecule has 1 aliphatic heterocycles. The fraction of sp³-hybridized carbons (Fsp3) is 0.800. The van der Waals surface area contributed by atoms with E-state index in [1.54, 1.807) is 0 Å². The smallest absolute Gasteiger partial charge is 0.373 e. The summed E-state index contributed by atoms with van der Waals surface area (Å²) in [5.41, 5.74) is -0.348. The first kappa shape index (κ1) is 30.9. The Kier molecular flexibility index (Phi) is 17.4. The van der Waals surface area contributed by atoms with Gasteiger partial charge < -0.3 is 14.9 Å². The quantitative estimate of drug-likeness (QED) is 0.572. The van der Waals surface area contributed by atoms with Crippen molar-refractivity contribution < 1.29 is 33.9 Å². The lowest BCUT2D eigenvalue weighted by Crippen LogP contribution is -2.47. The molecule has 11 heteroatoms. The predicted molar refractivity (Wildman–Crippen MR) is 110 cm³/mol. The number of nitrogens with zero attached hydrogens (tertiary/aromatic N) is 4. The fourth-order valence-electron chi connectivity index (χ4n) is 2.64. The Morgan fingerprint density at radius 1 is 0.710 bits per heavy atom. The second-order valence-electron chi connectivity index (χ2n) is 8.39. The fourth-order valence-corrected chi connectivity index (χ4v) is 2.64. The summed E-state index contributed by atoms with van der Waals surface area (Å²) >= 11 is 0. The average molecular weight is 445 g/mol. The first-order valence-corrected chi connectivity index (χ1v) is 9.96. The zero-order valence-electron chi connectivity index (χ0n) is 19.3. The van der Waals surface area contributed by atoms with Gasteiger partial charge in [-0.15, -0.1) is 0 Å². The third kappa shape index (κ3) is 18.2. The number of carbonyl (C=O) groups excluding carboxylic acids is 5. The van der Waals surface area contributed by atoms with Crippen LogP contribution in [0, 0.1) is 5.41 Å². The maximum absolute atomic E-state index is 12.4. The summed E-state index contributed by atoms with van der Waals surface area (Å²) in [6, 6.07) is 0. The van der Waals surface area contributed by atoms with Crippen LogP contribution in [-0.4, -0.2) is 128 Å². The maximum Gasteiger partial charge on any atom is 0.373 e. The number of carbonyl (C=O) groups is 2. The molecule has 0 aromatic rings. The molecule has 0 atom stereocenters. The van der Waals surface area contributed by atoms with Crippen molar-refractivity contribution in [2.45, 2.75) is 20.8 Å². The van der Waals surface area contributed by atoms with Crippen LogP contribution in [0.3, 0.4) is 0 Å². The van der Waals surface area contributed by atoms with Gasteiger partial charge in [-0.2, -0.15) is 19.2 Å². The summed E-state index contributed by atoms with van der Waals surface area (Å²) in [5, 5.41) is 9.14. The van der Waals surface area contributed by atoms with Crippen LogP contribution in [0.2, 0.25) is 0 Å². The summed E-state index contributed by atoms with van der Waals surface area (Å²) in [7, 11) is 4.19. The van der Waals surface area contributed by atoms with Crippen LogP contribution >= 0.6 is 0 Å². The minimum Gasteiger partial charge on any atom is -0.480 e. The average Bonchev–Trinajstić information content (AvgIpc) is 2.65. The van der Waals surface area contributed by atoms with Crippen molar-refractivity contribution in [3.05, 3.63) is 0 Å². The van der Waals surface area contributed by atoms with E-state index in [-0.39, 0.29) is 30.0 Å². The summed E-state index contributed by atoms with van der Waals surface area (Å²) in [4.78, 5) is 64.7. The van der Waals surface area contributed by atoms with Crippen molar-refractivity contribution in [2.75, 3.05) is 79.5 Å². The van der Waals surface area contributed by atoms with Gasteiger partial charge in [0, 0.05) is 57.8 Å². The van der Waals surface area contributed by atoms with Crippen molar-refractivity contribution in [1.29, 1.82) is 0 Å². The van der Waals surface area contributed by atoms with Gasteiger partial charge in [-0.05, 0) is 14.1 Å². The van der Waals surface area contributed by atoms with E-state index in [0.717, 1.165) is 39.3 Å². The SMILES string of the molecule is CN1CCN(C)CCN(CC(=O)C(C)(C)C)CCN(CC(=O)O)CC1.O=C=O.O=C=O. The Labute approximate surface area is 183 Å². The molecule has 0 aromatic carbocycles. The van der Waals surface area contributed by atoms with Crippen molar-refractivity contribution in [2.24, 2.45) is 5.41 Å². The van der Waals surface area contributed by atoms with Gasteiger partial charge in [-0.25, -0.2) is 0 Å². The highest BCUT2D eigenvalue weighted by Gasteiger charge is 2.24. The molecule has 0 aromatic heterocycles. The number of rotatable bonds is 4. The largest absolute Gasteiger partial charge is 0.480 e. The molecule has 0 aliphatic carbocycles. The van der Waals surface area contributed by atoms with Gasteiger partial charge in [-0.3, -0.25) is 19.4 Å². The number of likely N-dealkylation sites (N-methyl/N-ethyl adjacent to an activating group) is 2. The van der Waals surface area contributed by atoms with Gasteiger partial charge in [0.15, 0.2) is 5.78 Å². The standard InChI is InChI=1S/C18H36N4O3.2CO2/c1-18(2,3)16(23)14-21-10-8-19(4)6-7-20(5)9-11-22(13-12-21)15-17(24)25;2*2-1-3/h6-15H2,1-5H3,(H,24,25);;. The second kappa shape index (κ2) is 17.4. The van der Waals surface area contributed by atoms with Gasteiger partial charge in [0.2, 0.25) is 0 Å². The number of ketones is 1. The molecule has 0 saturated carbocycles. The number of carboxylic acid groups (broad SMARTS) is 1. The van der Waals surface area contributed by atoms with Crippen molar-refractivity contribution in [1.82, 2.24) is 19.6 Å². The molecule has 178 valence electrons. The summed E-state index contributed by atoms with van der Waals surface area (Å²) < 4.78 is 0. The second-order valence-corrected chi connectivity index (χ2v) is 8.39. The monoisotopic (exact) mass is 444 g/mol. The highest BCUT2D eigenvalue weighted by Crippen LogP contribution is 2.15. The molecule has 31 heavy (non-hydrogen) atoms. The van der Waals surface area contributed by atoms with E-state index in [9.17, 15) is 9.59 Å². The zero-order valence-corrected chi connectivity index (χ0v) is 19.3. The van der Waals surface area contributed by atoms with E-state index < -0.39 is 5.97 Å². The molecule has 0 unspecified atom stereocenters. The molecule has 1 rings (SSSR count). The minimum atomic E-state index is -0.799. The zero-order chi connectivity index (χ0) is 24.4. The topological polar surface area (TPSA) is 136 Å². The third-order valence-electron chi connectivity index (χ3n) is 4.75. The molecular weight excluding hydrogens is 408 g/mol. The van der Waals surface area contributed by atoms with Gasteiger partial charge in [-0.1, -0.05) is 20.8 Å². The minimum absolute atomic E-state index is 0.0504. The Bertz CT molecular complexity index is 583. The normalized spacial score (nSPS) is 17.8. The van der Waals surface area contributed by atoms with E-state index in [1.165, 1.54) is 0 Å². The lowest BCUT2D eigenvalue weighted by Gasteiger charge is -2.32. The molecule has 1 saturated heterocycles. The lowest BCUT2D eigenvalue weighted by atomic mass is 9.90. The van der Waals surface area contributed by atoms with E-state index in [4.69, 9.17) is 24.3 Å². The molecule has 1 N–H and O–H groups in total. The van der Waals surface area contributed by atoms with Crippen LogP contribution in [0.15, 0.2) is 0 Å². The maximum atomic E-state index is 12.4. The molecule has 0 radical (unpaired) electrons. The highest BCUT2D eigenvalue weighted by molar-refractivity contribution is 5.85. The van der Waals surface area contributed by atoms with Crippen molar-refractivity contribution >= 4 is 24.1 Å². The van der Waals surface area contributed by atoms with Crippen LogP contribution in [-0.2, 0) is 28.8 Å². The Morgan fingerprint density at radius 2 is 1.00 bits per heavy atom. The van der Waals surface area contributed by atoms with Crippen LogP contribution in [0.4, 0.5) is 0 Å². The molecule has 0 spiro atoms. The molecule has 1 heterocycles. The highest BCUT2D eigenvalue weighted by atomic mass is 16.4. The summed E-state index contributed by atoms with van der Waals surface area (Å²) in [6.07, 6.45) is 0.500. The van der Waals surface area contributed by atoms with E-state index in [0.29, 0.717) is 19.6 Å². The van der Waals surface area contributed by atoms with Crippen LogP contribution in [0.1, 0.15) is 20.8 Å². The van der Waals surface area contributed by atoms with E-state index in [1.807, 2.05) is 25.7 Å². The first-order chi connectivity index (χ1) is 14.4. The Balaban J connectivity index is 0. The van der Waals surface area contributed by atoms with Gasteiger partial charge >= 0.3 is 18.3 Å². The van der Waals surface area contributed by atoms with E-state index >= 15 is 0 Å². The predicted octanol–water partition coefficient (Wildman–Crippen LogP) is -1.000. The number of Topliss-reactive ketones (excluding diaryl/α,β-unsaturated/α-hetero) is 1. The molecule has 0 bridgehead atoms. The first-order valence-electron chi connectivity index (χ1n) is 9.96. The van der Waals surface area contributed by atoms with Gasteiger partial charge in [0.1, 0.15) is 0 Å². The molecular formula is C20H36N4O7. The molecule has 0 amide bonds. The molecule has 1 fully saturated rings. The van der Waals surface area contributed by atoms with Crippen LogP contribution in [0.25, 0.3) is 0 Å². The summed E-state index contributed by atoms with van der Waals surface area (Å²) in [5.74, 6) is -0.571. The molecule has 11 nitrogen and oxygen atoms in total. The van der Waals surface area contributed by atoms with Gasteiger partial charge in [0.25, 0.3) is 0 Å². The van der Waals surface area contributed by atoms with Gasteiger partial charge in [0.05, 0.1) is 13.1 Å². The van der Waals surface area contributed by atoms with Crippen LogP contribution < -0.4 is 0 Å². The molecule has 1 aliphatic rings. The number of hydrogen-bond donors (Lipinski definition) is 1. The Hall–Kier alpha value is -2.26.